The van der Waals surface area contributed by atoms with Crippen LogP contribution in [0.2, 0.25) is 0 Å². The summed E-state index contributed by atoms with van der Waals surface area (Å²) in [6.07, 6.45) is 0.144. The minimum Gasteiger partial charge on any atom is -0.508 e. The maximum Gasteiger partial charge on any atom is 0.253 e. The van der Waals surface area contributed by atoms with E-state index >= 15 is 0 Å². The van der Waals surface area contributed by atoms with Gasteiger partial charge in [0.1, 0.15) is 5.75 Å². The number of aliphatic hydroxyl groups is 1. The predicted octanol–water partition coefficient (Wildman–Crippen LogP) is 1.54. The molecular formula is C13H19NO3. The lowest BCUT2D eigenvalue weighted by atomic mass is 10.1. The Morgan fingerprint density at radius 3 is 2.65 bits per heavy atom. The number of phenols is 1. The second kappa shape index (κ2) is 5.68. The van der Waals surface area contributed by atoms with E-state index in [0.717, 1.165) is 5.56 Å². The quantitative estimate of drug-likeness (QED) is 0.835. The van der Waals surface area contributed by atoms with Crippen LogP contribution in [0.25, 0.3) is 0 Å². The first kappa shape index (κ1) is 13.5. The summed E-state index contributed by atoms with van der Waals surface area (Å²) in [4.78, 5) is 13.6. The van der Waals surface area contributed by atoms with Crippen molar-refractivity contribution in [2.75, 3.05) is 13.6 Å². The number of hydrogen-bond donors (Lipinski definition) is 2. The summed E-state index contributed by atoms with van der Waals surface area (Å²) in [5.74, 6) is 0.0637. The molecule has 1 unspecified atom stereocenters. The predicted molar refractivity (Wildman–Crippen MR) is 66.1 cm³/mol. The standard InChI is InChI=1S/C13H19NO3/c1-9-8-11(16)4-5-12(9)13(17)14(3)7-6-10(2)15/h4-5,8,10,15-16H,6-7H2,1-3H3. The molecule has 0 saturated carbocycles. The molecule has 0 fully saturated rings. The Kier molecular flexibility index (Phi) is 4.52. The maximum atomic E-state index is 12.1. The van der Waals surface area contributed by atoms with Crippen molar-refractivity contribution in [3.63, 3.8) is 0 Å². The third-order valence-corrected chi connectivity index (χ3v) is 2.67. The van der Waals surface area contributed by atoms with E-state index in [-0.39, 0.29) is 11.7 Å². The Balaban J connectivity index is 2.75. The Hall–Kier alpha value is -1.55. The largest absolute Gasteiger partial charge is 0.508 e. The molecule has 0 radical (unpaired) electrons. The number of rotatable bonds is 4. The first-order chi connectivity index (χ1) is 7.91. The Bertz CT molecular complexity index is 402. The van der Waals surface area contributed by atoms with Crippen molar-refractivity contribution >= 4 is 5.91 Å². The van der Waals surface area contributed by atoms with Gasteiger partial charge in [-0.3, -0.25) is 4.79 Å². The lowest BCUT2D eigenvalue weighted by Gasteiger charge is -2.19. The van der Waals surface area contributed by atoms with Gasteiger partial charge in [0.15, 0.2) is 0 Å². The average molecular weight is 237 g/mol. The first-order valence-electron chi connectivity index (χ1n) is 5.65. The van der Waals surface area contributed by atoms with Crippen LogP contribution in [0.15, 0.2) is 18.2 Å². The number of carbonyl (C=O) groups is 1. The number of aryl methyl sites for hydroxylation is 1. The van der Waals surface area contributed by atoms with E-state index in [4.69, 9.17) is 0 Å². The van der Waals surface area contributed by atoms with Crippen molar-refractivity contribution in [1.82, 2.24) is 4.90 Å². The van der Waals surface area contributed by atoms with Gasteiger partial charge in [-0.05, 0) is 44.0 Å². The Morgan fingerprint density at radius 1 is 1.47 bits per heavy atom. The summed E-state index contributed by atoms with van der Waals surface area (Å²) in [7, 11) is 1.71. The summed E-state index contributed by atoms with van der Waals surface area (Å²) in [6, 6.07) is 4.68. The lowest BCUT2D eigenvalue weighted by molar-refractivity contribution is 0.0768. The van der Waals surface area contributed by atoms with E-state index in [1.807, 2.05) is 0 Å². The molecule has 0 aliphatic rings. The van der Waals surface area contributed by atoms with E-state index in [1.54, 1.807) is 37.9 Å². The SMILES string of the molecule is Cc1cc(O)ccc1C(=O)N(C)CCC(C)O. The highest BCUT2D eigenvalue weighted by Gasteiger charge is 2.14. The summed E-state index contributed by atoms with van der Waals surface area (Å²) in [5.41, 5.74) is 1.33. The van der Waals surface area contributed by atoms with Gasteiger partial charge in [0.05, 0.1) is 6.10 Å². The number of aliphatic hydroxyl groups excluding tert-OH is 1. The highest BCUT2D eigenvalue weighted by atomic mass is 16.3. The van der Waals surface area contributed by atoms with Crippen LogP contribution in [0.3, 0.4) is 0 Å². The van der Waals surface area contributed by atoms with Crippen LogP contribution < -0.4 is 0 Å². The topological polar surface area (TPSA) is 60.8 Å². The molecule has 0 bridgehead atoms. The molecule has 0 aliphatic carbocycles. The minimum atomic E-state index is -0.411. The normalized spacial score (nSPS) is 12.2. The number of hydrogen-bond acceptors (Lipinski definition) is 3. The van der Waals surface area contributed by atoms with E-state index in [9.17, 15) is 15.0 Å². The highest BCUT2D eigenvalue weighted by molar-refractivity contribution is 5.95. The van der Waals surface area contributed by atoms with Gasteiger partial charge in [0, 0.05) is 19.2 Å². The van der Waals surface area contributed by atoms with E-state index in [2.05, 4.69) is 0 Å². The number of benzene rings is 1. The van der Waals surface area contributed by atoms with Gasteiger partial charge in [0.2, 0.25) is 0 Å². The third-order valence-electron chi connectivity index (χ3n) is 2.67. The van der Waals surface area contributed by atoms with Crippen LogP contribution in [-0.4, -0.2) is 40.7 Å². The van der Waals surface area contributed by atoms with Crippen LogP contribution in [-0.2, 0) is 0 Å². The van der Waals surface area contributed by atoms with Crippen molar-refractivity contribution in [3.8, 4) is 5.75 Å². The molecule has 1 aromatic rings. The summed E-state index contributed by atoms with van der Waals surface area (Å²) in [6.45, 7) is 4.00. The van der Waals surface area contributed by atoms with Crippen LogP contribution >= 0.6 is 0 Å². The molecule has 0 saturated heterocycles. The maximum absolute atomic E-state index is 12.1. The molecule has 1 amide bonds. The van der Waals surface area contributed by atoms with Gasteiger partial charge in [-0.2, -0.15) is 0 Å². The zero-order valence-corrected chi connectivity index (χ0v) is 10.5. The monoisotopic (exact) mass is 237 g/mol. The number of carbonyl (C=O) groups excluding carboxylic acids is 1. The van der Waals surface area contributed by atoms with E-state index < -0.39 is 6.10 Å². The molecule has 0 spiro atoms. The second-order valence-electron chi connectivity index (χ2n) is 4.36. The smallest absolute Gasteiger partial charge is 0.253 e. The van der Waals surface area contributed by atoms with E-state index in [1.165, 1.54) is 6.07 Å². The zero-order valence-electron chi connectivity index (χ0n) is 10.5. The fourth-order valence-electron chi connectivity index (χ4n) is 1.58. The molecule has 1 atom stereocenters. The molecule has 0 aliphatic heterocycles. The molecule has 1 aromatic carbocycles. The number of nitrogens with zero attached hydrogens (tertiary/aromatic N) is 1. The average Bonchev–Trinajstić information content (AvgIpc) is 2.25. The summed E-state index contributed by atoms with van der Waals surface area (Å²) < 4.78 is 0. The Morgan fingerprint density at radius 2 is 2.12 bits per heavy atom. The molecule has 2 N–H and O–H groups in total. The molecule has 4 heteroatoms. The van der Waals surface area contributed by atoms with Gasteiger partial charge in [-0.25, -0.2) is 0 Å². The van der Waals surface area contributed by atoms with Crippen LogP contribution in [0, 0.1) is 6.92 Å². The summed E-state index contributed by atoms with van der Waals surface area (Å²) in [5, 5.41) is 18.4. The molecular weight excluding hydrogens is 218 g/mol. The lowest BCUT2D eigenvalue weighted by Crippen LogP contribution is -2.29. The van der Waals surface area contributed by atoms with E-state index in [0.29, 0.717) is 18.5 Å². The molecule has 1 rings (SSSR count). The first-order valence-corrected chi connectivity index (χ1v) is 5.65. The van der Waals surface area contributed by atoms with Crippen molar-refractivity contribution in [1.29, 1.82) is 0 Å². The molecule has 4 nitrogen and oxygen atoms in total. The van der Waals surface area contributed by atoms with Crippen LogP contribution in [0.5, 0.6) is 5.75 Å². The number of aromatic hydroxyl groups is 1. The molecule has 0 heterocycles. The van der Waals surface area contributed by atoms with Crippen molar-refractivity contribution < 1.29 is 15.0 Å². The zero-order chi connectivity index (χ0) is 13.0. The minimum absolute atomic E-state index is 0.0943. The molecule has 94 valence electrons. The number of phenolic OH excluding ortho intramolecular Hbond substituents is 1. The van der Waals surface area contributed by atoms with Gasteiger partial charge in [-0.1, -0.05) is 0 Å². The molecule has 17 heavy (non-hydrogen) atoms. The Labute approximate surface area is 101 Å². The fourth-order valence-corrected chi connectivity index (χ4v) is 1.58. The van der Waals surface area contributed by atoms with Crippen molar-refractivity contribution in [3.05, 3.63) is 29.3 Å². The van der Waals surface area contributed by atoms with Crippen LogP contribution in [0.4, 0.5) is 0 Å². The van der Waals surface area contributed by atoms with Crippen molar-refractivity contribution in [2.24, 2.45) is 0 Å². The number of amides is 1. The van der Waals surface area contributed by atoms with Crippen molar-refractivity contribution in [2.45, 2.75) is 26.4 Å². The van der Waals surface area contributed by atoms with Gasteiger partial charge < -0.3 is 15.1 Å². The van der Waals surface area contributed by atoms with Gasteiger partial charge in [0.25, 0.3) is 5.91 Å². The third kappa shape index (κ3) is 3.75. The summed E-state index contributed by atoms with van der Waals surface area (Å²) >= 11 is 0. The van der Waals surface area contributed by atoms with Gasteiger partial charge in [-0.15, -0.1) is 0 Å². The fraction of sp³-hybridized carbons (Fsp3) is 0.462. The van der Waals surface area contributed by atoms with Gasteiger partial charge >= 0.3 is 0 Å². The molecule has 0 aromatic heterocycles. The second-order valence-corrected chi connectivity index (χ2v) is 4.36. The van der Waals surface area contributed by atoms with Crippen LogP contribution in [0.1, 0.15) is 29.3 Å². The highest BCUT2D eigenvalue weighted by Crippen LogP contribution is 2.17.